The largest absolute Gasteiger partial charge is 0.448 e. The average molecular weight is 323 g/mol. The molecule has 1 saturated carbocycles. The van der Waals surface area contributed by atoms with Crippen LogP contribution in [0.5, 0.6) is 11.5 Å². The van der Waals surface area contributed by atoms with Crippen molar-refractivity contribution >= 4 is 11.6 Å². The molecule has 1 spiro atoms. The van der Waals surface area contributed by atoms with Gasteiger partial charge in [-0.1, -0.05) is 17.2 Å². The third-order valence-corrected chi connectivity index (χ3v) is 4.64. The summed E-state index contributed by atoms with van der Waals surface area (Å²) in [6.07, 6.45) is 4.10. The van der Waals surface area contributed by atoms with E-state index in [0.717, 1.165) is 54.0 Å². The number of amides is 1. The quantitative estimate of drug-likeness (QED) is 0.879. The molecule has 1 aliphatic carbocycles. The van der Waals surface area contributed by atoms with E-state index in [0.29, 0.717) is 5.56 Å². The molecule has 2 aliphatic rings. The van der Waals surface area contributed by atoms with Crippen LogP contribution in [0.3, 0.4) is 0 Å². The van der Waals surface area contributed by atoms with Gasteiger partial charge in [-0.3, -0.25) is 4.79 Å². The first kappa shape index (κ1) is 15.1. The Morgan fingerprint density at radius 2 is 1.62 bits per heavy atom. The molecule has 4 rings (SSSR count). The molecule has 0 saturated heterocycles. The van der Waals surface area contributed by atoms with Gasteiger partial charge in [0.15, 0.2) is 11.5 Å². The van der Waals surface area contributed by atoms with Gasteiger partial charge < -0.3 is 14.8 Å². The second kappa shape index (κ2) is 5.55. The molecule has 0 bridgehead atoms. The summed E-state index contributed by atoms with van der Waals surface area (Å²) in [4.78, 5) is 12.5. The summed E-state index contributed by atoms with van der Waals surface area (Å²) < 4.78 is 12.0. The lowest BCUT2D eigenvalue weighted by Crippen LogP contribution is -2.34. The highest BCUT2D eigenvalue weighted by atomic mass is 16.7. The van der Waals surface area contributed by atoms with Crippen LogP contribution < -0.4 is 14.8 Å². The minimum atomic E-state index is -0.474. The van der Waals surface area contributed by atoms with Gasteiger partial charge in [-0.05, 0) is 51.0 Å². The molecule has 0 atom stereocenters. The molecule has 0 unspecified atom stereocenters. The summed E-state index contributed by atoms with van der Waals surface area (Å²) in [5.41, 5.74) is 3.54. The number of rotatable bonds is 2. The first-order valence-corrected chi connectivity index (χ1v) is 8.45. The minimum absolute atomic E-state index is 0.115. The van der Waals surface area contributed by atoms with E-state index < -0.39 is 5.79 Å². The van der Waals surface area contributed by atoms with E-state index in [4.69, 9.17) is 9.47 Å². The maximum atomic E-state index is 12.5. The van der Waals surface area contributed by atoms with E-state index in [2.05, 4.69) is 11.4 Å². The van der Waals surface area contributed by atoms with Gasteiger partial charge in [-0.25, -0.2) is 0 Å². The lowest BCUT2D eigenvalue weighted by molar-refractivity contribution is -0.0716. The third-order valence-electron chi connectivity index (χ3n) is 4.64. The first-order chi connectivity index (χ1) is 11.5. The van der Waals surface area contributed by atoms with Gasteiger partial charge in [0.1, 0.15) is 0 Å². The Bertz CT molecular complexity index is 786. The van der Waals surface area contributed by atoms with E-state index in [1.54, 1.807) is 0 Å². The van der Waals surface area contributed by atoms with E-state index in [1.165, 1.54) is 0 Å². The number of aryl methyl sites for hydroxylation is 2. The van der Waals surface area contributed by atoms with Gasteiger partial charge in [0.25, 0.3) is 11.7 Å². The zero-order chi connectivity index (χ0) is 16.7. The van der Waals surface area contributed by atoms with Crippen molar-refractivity contribution in [2.45, 2.75) is 45.3 Å². The van der Waals surface area contributed by atoms with Gasteiger partial charge in [-0.15, -0.1) is 0 Å². The minimum Gasteiger partial charge on any atom is -0.448 e. The molecule has 1 fully saturated rings. The predicted molar refractivity (Wildman–Crippen MR) is 92.8 cm³/mol. The predicted octanol–water partition coefficient (Wildman–Crippen LogP) is 4.60. The number of carbonyl (C=O) groups is 1. The highest BCUT2D eigenvalue weighted by Gasteiger charge is 2.44. The molecule has 2 aromatic carbocycles. The fourth-order valence-corrected chi connectivity index (χ4v) is 3.60. The maximum Gasteiger partial charge on any atom is 0.255 e. The first-order valence-electron chi connectivity index (χ1n) is 8.45. The normalized spacial score (nSPS) is 17.2. The van der Waals surface area contributed by atoms with Crippen molar-refractivity contribution < 1.29 is 14.3 Å². The van der Waals surface area contributed by atoms with Gasteiger partial charge in [0.05, 0.1) is 0 Å². The Balaban J connectivity index is 1.53. The number of anilines is 1. The second-order valence-corrected chi connectivity index (χ2v) is 6.81. The Kier molecular flexibility index (Phi) is 3.48. The molecule has 0 aromatic heterocycles. The maximum absolute atomic E-state index is 12.5. The topological polar surface area (TPSA) is 47.6 Å². The standard InChI is InChI=1S/C20H21NO3/c1-13-9-14(2)11-15(10-13)19(22)21-16-5-6-17-18(12-16)24-20(23-17)7-3-4-8-20/h5-6,9-12H,3-4,7-8H2,1-2H3,(H,21,22). The zero-order valence-corrected chi connectivity index (χ0v) is 14.0. The van der Waals surface area contributed by atoms with Crippen molar-refractivity contribution in [2.24, 2.45) is 0 Å². The van der Waals surface area contributed by atoms with Crippen LogP contribution in [0.1, 0.15) is 47.2 Å². The number of fused-ring (bicyclic) bond motifs is 1. The monoisotopic (exact) mass is 323 g/mol. The van der Waals surface area contributed by atoms with Crippen LogP contribution in [0.2, 0.25) is 0 Å². The summed E-state index contributed by atoms with van der Waals surface area (Å²) >= 11 is 0. The van der Waals surface area contributed by atoms with Crippen molar-refractivity contribution in [3.63, 3.8) is 0 Å². The zero-order valence-electron chi connectivity index (χ0n) is 14.0. The molecule has 4 heteroatoms. The Hall–Kier alpha value is -2.49. The molecular weight excluding hydrogens is 302 g/mol. The molecule has 1 aliphatic heterocycles. The molecule has 1 N–H and O–H groups in total. The van der Waals surface area contributed by atoms with Crippen LogP contribution in [-0.2, 0) is 0 Å². The fraction of sp³-hybridized carbons (Fsp3) is 0.350. The smallest absolute Gasteiger partial charge is 0.255 e. The fourth-order valence-electron chi connectivity index (χ4n) is 3.60. The molecule has 124 valence electrons. The van der Waals surface area contributed by atoms with Crippen LogP contribution in [0.4, 0.5) is 5.69 Å². The van der Waals surface area contributed by atoms with Crippen molar-refractivity contribution in [1.29, 1.82) is 0 Å². The second-order valence-electron chi connectivity index (χ2n) is 6.81. The van der Waals surface area contributed by atoms with Gasteiger partial charge in [0, 0.05) is 30.2 Å². The van der Waals surface area contributed by atoms with Crippen LogP contribution in [0.15, 0.2) is 36.4 Å². The summed E-state index contributed by atoms with van der Waals surface area (Å²) in [6.45, 7) is 3.98. The van der Waals surface area contributed by atoms with Crippen LogP contribution in [0, 0.1) is 13.8 Å². The van der Waals surface area contributed by atoms with E-state index >= 15 is 0 Å². The number of nitrogens with one attached hydrogen (secondary N) is 1. The number of carbonyl (C=O) groups excluding carboxylic acids is 1. The summed E-state index contributed by atoms with van der Waals surface area (Å²) in [5.74, 6) is 0.895. The van der Waals surface area contributed by atoms with Crippen molar-refractivity contribution in [2.75, 3.05) is 5.32 Å². The molecule has 0 radical (unpaired) electrons. The molecular formula is C20H21NO3. The van der Waals surface area contributed by atoms with Crippen LogP contribution >= 0.6 is 0 Å². The molecule has 1 heterocycles. The van der Waals surface area contributed by atoms with Crippen LogP contribution in [-0.4, -0.2) is 11.7 Å². The number of ether oxygens (including phenoxy) is 2. The van der Waals surface area contributed by atoms with Gasteiger partial charge in [-0.2, -0.15) is 0 Å². The summed E-state index contributed by atoms with van der Waals surface area (Å²) in [6, 6.07) is 11.4. The Morgan fingerprint density at radius 1 is 0.958 bits per heavy atom. The Morgan fingerprint density at radius 3 is 2.33 bits per heavy atom. The van der Waals surface area contributed by atoms with Crippen LogP contribution in [0.25, 0.3) is 0 Å². The number of benzene rings is 2. The molecule has 1 amide bonds. The van der Waals surface area contributed by atoms with Gasteiger partial charge in [0.2, 0.25) is 0 Å². The molecule has 4 nitrogen and oxygen atoms in total. The highest BCUT2D eigenvalue weighted by Crippen LogP contribution is 2.47. The lowest BCUT2D eigenvalue weighted by Gasteiger charge is -2.21. The van der Waals surface area contributed by atoms with Gasteiger partial charge >= 0.3 is 0 Å². The van der Waals surface area contributed by atoms with E-state index in [-0.39, 0.29) is 5.91 Å². The number of hydrogen-bond donors (Lipinski definition) is 1. The summed E-state index contributed by atoms with van der Waals surface area (Å²) in [7, 11) is 0. The SMILES string of the molecule is Cc1cc(C)cc(C(=O)Nc2ccc3c(c2)OC2(CCCC2)O3)c1. The lowest BCUT2D eigenvalue weighted by atomic mass is 10.1. The van der Waals surface area contributed by atoms with Crippen molar-refractivity contribution in [3.05, 3.63) is 53.1 Å². The van der Waals surface area contributed by atoms with Crippen molar-refractivity contribution in [1.82, 2.24) is 0 Å². The van der Waals surface area contributed by atoms with Crippen molar-refractivity contribution in [3.8, 4) is 11.5 Å². The third kappa shape index (κ3) is 2.73. The summed E-state index contributed by atoms with van der Waals surface area (Å²) in [5, 5.41) is 2.95. The Labute approximate surface area is 141 Å². The van der Waals surface area contributed by atoms with E-state index in [9.17, 15) is 4.79 Å². The highest BCUT2D eigenvalue weighted by molar-refractivity contribution is 6.04. The average Bonchev–Trinajstić information content (AvgIpc) is 3.12. The van der Waals surface area contributed by atoms with E-state index in [1.807, 2.05) is 44.2 Å². The molecule has 2 aromatic rings. The number of hydrogen-bond acceptors (Lipinski definition) is 3. The molecule has 24 heavy (non-hydrogen) atoms.